The van der Waals surface area contributed by atoms with Crippen molar-refractivity contribution in [1.82, 2.24) is 9.78 Å². The van der Waals surface area contributed by atoms with Crippen LogP contribution in [-0.2, 0) is 12.8 Å². The summed E-state index contributed by atoms with van der Waals surface area (Å²) in [6, 6.07) is 14.3. The van der Waals surface area contributed by atoms with E-state index in [1.807, 2.05) is 22.9 Å². The minimum atomic E-state index is 0.771. The van der Waals surface area contributed by atoms with Crippen molar-refractivity contribution in [3.05, 3.63) is 53.6 Å². The van der Waals surface area contributed by atoms with Crippen molar-refractivity contribution in [2.75, 3.05) is 26.1 Å². The topological polar surface area (TPSA) is 48.3 Å². The quantitative estimate of drug-likeness (QED) is 0.754. The van der Waals surface area contributed by atoms with Gasteiger partial charge in [-0.25, -0.2) is 4.68 Å². The summed E-state index contributed by atoms with van der Waals surface area (Å²) >= 11 is 0. The predicted molar refractivity (Wildman–Crippen MR) is 104 cm³/mol. The number of hydrogen-bond donors (Lipinski definition) is 1. The van der Waals surface area contributed by atoms with E-state index in [1.165, 1.54) is 11.1 Å². The fourth-order valence-corrected chi connectivity index (χ4v) is 3.58. The second-order valence-electron chi connectivity index (χ2n) is 6.31. The monoisotopic (exact) mass is 349 g/mol. The molecule has 1 aromatic heterocycles. The largest absolute Gasteiger partial charge is 0.497 e. The highest BCUT2D eigenvalue weighted by Crippen LogP contribution is 2.40. The van der Waals surface area contributed by atoms with Crippen LogP contribution >= 0.6 is 0 Å². The number of nitrogens with one attached hydrogen (secondary N) is 1. The van der Waals surface area contributed by atoms with Gasteiger partial charge in [0.25, 0.3) is 0 Å². The lowest BCUT2D eigenvalue weighted by Gasteiger charge is -2.11. The van der Waals surface area contributed by atoms with Crippen LogP contribution in [0.5, 0.6) is 11.5 Å². The van der Waals surface area contributed by atoms with Crippen LogP contribution in [0.25, 0.3) is 16.9 Å². The van der Waals surface area contributed by atoms with Crippen LogP contribution in [0.2, 0.25) is 0 Å². The van der Waals surface area contributed by atoms with E-state index in [4.69, 9.17) is 14.6 Å². The maximum Gasteiger partial charge on any atom is 0.133 e. The van der Waals surface area contributed by atoms with Crippen LogP contribution in [0.3, 0.4) is 0 Å². The molecule has 1 aliphatic heterocycles. The average molecular weight is 349 g/mol. The Bertz CT molecular complexity index is 946. The Labute approximate surface area is 153 Å². The molecule has 0 atom stereocenters. The fraction of sp³-hybridized carbons (Fsp3) is 0.286. The van der Waals surface area contributed by atoms with Crippen LogP contribution in [-0.4, -0.2) is 30.5 Å². The Balaban J connectivity index is 1.90. The molecule has 4 rings (SSSR count). The SMILES string of the molecule is CCc1ccccc1-n1nc(-c2ccc(OC)cc2OC)c2c1NCC2. The lowest BCUT2D eigenvalue weighted by atomic mass is 10.1. The summed E-state index contributed by atoms with van der Waals surface area (Å²) in [6.07, 6.45) is 1.92. The van der Waals surface area contributed by atoms with Gasteiger partial charge in [-0.15, -0.1) is 0 Å². The molecule has 0 unspecified atom stereocenters. The molecule has 26 heavy (non-hydrogen) atoms. The van der Waals surface area contributed by atoms with E-state index in [0.717, 1.165) is 53.6 Å². The van der Waals surface area contributed by atoms with Gasteiger partial charge in [-0.2, -0.15) is 5.10 Å². The Morgan fingerprint density at radius 3 is 2.73 bits per heavy atom. The first kappa shape index (κ1) is 16.5. The summed E-state index contributed by atoms with van der Waals surface area (Å²) in [5, 5.41) is 8.48. The molecule has 5 heteroatoms. The summed E-state index contributed by atoms with van der Waals surface area (Å²) in [7, 11) is 3.34. The van der Waals surface area contributed by atoms with E-state index < -0.39 is 0 Å². The summed E-state index contributed by atoms with van der Waals surface area (Å²) in [6.45, 7) is 3.09. The summed E-state index contributed by atoms with van der Waals surface area (Å²) in [5.74, 6) is 2.63. The van der Waals surface area contributed by atoms with Crippen molar-refractivity contribution in [2.45, 2.75) is 19.8 Å². The number of ether oxygens (including phenoxy) is 2. The van der Waals surface area contributed by atoms with Crippen molar-refractivity contribution < 1.29 is 9.47 Å². The number of fused-ring (bicyclic) bond motifs is 1. The van der Waals surface area contributed by atoms with E-state index in [9.17, 15) is 0 Å². The molecule has 0 aliphatic carbocycles. The molecule has 0 spiro atoms. The van der Waals surface area contributed by atoms with E-state index in [0.29, 0.717) is 0 Å². The second-order valence-corrected chi connectivity index (χ2v) is 6.31. The van der Waals surface area contributed by atoms with E-state index in [-0.39, 0.29) is 0 Å². The fourth-order valence-electron chi connectivity index (χ4n) is 3.58. The Hall–Kier alpha value is -2.95. The van der Waals surface area contributed by atoms with Gasteiger partial charge in [-0.1, -0.05) is 25.1 Å². The van der Waals surface area contributed by atoms with Crippen molar-refractivity contribution in [1.29, 1.82) is 0 Å². The molecule has 3 aromatic rings. The molecule has 0 amide bonds. The van der Waals surface area contributed by atoms with Gasteiger partial charge in [0.15, 0.2) is 0 Å². The predicted octanol–water partition coefficient (Wildman–Crippen LogP) is 4.09. The minimum Gasteiger partial charge on any atom is -0.497 e. The zero-order valence-corrected chi connectivity index (χ0v) is 15.4. The van der Waals surface area contributed by atoms with Crippen molar-refractivity contribution in [2.24, 2.45) is 0 Å². The first-order valence-electron chi connectivity index (χ1n) is 8.93. The van der Waals surface area contributed by atoms with Gasteiger partial charge in [0.1, 0.15) is 23.0 Å². The zero-order chi connectivity index (χ0) is 18.1. The van der Waals surface area contributed by atoms with Gasteiger partial charge in [-0.05, 0) is 36.6 Å². The third-order valence-corrected chi connectivity index (χ3v) is 4.92. The number of rotatable bonds is 5. The van der Waals surface area contributed by atoms with Crippen molar-refractivity contribution in [3.8, 4) is 28.4 Å². The Morgan fingerprint density at radius 1 is 1.12 bits per heavy atom. The standard InChI is InChI=1S/C21H23N3O2/c1-4-14-7-5-6-8-18(14)24-21-17(11-12-22-21)20(23-24)16-10-9-15(25-2)13-19(16)26-3/h5-10,13,22H,4,11-12H2,1-3H3. The highest BCUT2D eigenvalue weighted by molar-refractivity contribution is 5.77. The number of methoxy groups -OCH3 is 2. The van der Waals surface area contributed by atoms with E-state index in [2.05, 4.69) is 36.5 Å². The van der Waals surface area contributed by atoms with Crippen molar-refractivity contribution >= 4 is 5.82 Å². The number of hydrogen-bond acceptors (Lipinski definition) is 4. The van der Waals surface area contributed by atoms with Gasteiger partial charge >= 0.3 is 0 Å². The molecule has 0 saturated heterocycles. The van der Waals surface area contributed by atoms with Crippen LogP contribution in [0.1, 0.15) is 18.1 Å². The minimum absolute atomic E-state index is 0.771. The molecule has 134 valence electrons. The van der Waals surface area contributed by atoms with Crippen molar-refractivity contribution in [3.63, 3.8) is 0 Å². The number of aromatic nitrogens is 2. The molecule has 0 saturated carbocycles. The molecular formula is C21H23N3O2. The van der Waals surface area contributed by atoms with Crippen LogP contribution in [0.15, 0.2) is 42.5 Å². The molecule has 1 aliphatic rings. The number of aryl methyl sites for hydroxylation is 1. The second kappa shape index (κ2) is 6.75. The van der Waals surface area contributed by atoms with Gasteiger partial charge in [0.05, 0.1) is 19.9 Å². The summed E-state index contributed by atoms with van der Waals surface area (Å²) in [5.41, 5.74) is 5.59. The lowest BCUT2D eigenvalue weighted by molar-refractivity contribution is 0.395. The smallest absolute Gasteiger partial charge is 0.133 e. The first-order chi connectivity index (χ1) is 12.8. The molecule has 5 nitrogen and oxygen atoms in total. The Morgan fingerprint density at radius 2 is 1.96 bits per heavy atom. The zero-order valence-electron chi connectivity index (χ0n) is 15.4. The molecule has 1 N–H and O–H groups in total. The van der Waals surface area contributed by atoms with Crippen LogP contribution in [0, 0.1) is 0 Å². The highest BCUT2D eigenvalue weighted by Gasteiger charge is 2.26. The van der Waals surface area contributed by atoms with Gasteiger partial charge in [0.2, 0.25) is 0 Å². The molecular weight excluding hydrogens is 326 g/mol. The van der Waals surface area contributed by atoms with E-state index in [1.54, 1.807) is 14.2 Å². The summed E-state index contributed by atoms with van der Waals surface area (Å²) < 4.78 is 13.0. The maximum atomic E-state index is 5.61. The maximum absolute atomic E-state index is 5.61. The number of benzene rings is 2. The highest BCUT2D eigenvalue weighted by atomic mass is 16.5. The molecule has 0 bridgehead atoms. The third-order valence-electron chi connectivity index (χ3n) is 4.92. The third kappa shape index (κ3) is 2.60. The van der Waals surface area contributed by atoms with Gasteiger partial charge < -0.3 is 14.8 Å². The molecule has 2 heterocycles. The normalized spacial score (nSPS) is 12.6. The van der Waals surface area contributed by atoms with Crippen LogP contribution < -0.4 is 14.8 Å². The van der Waals surface area contributed by atoms with Gasteiger partial charge in [-0.3, -0.25) is 0 Å². The molecule has 0 fully saturated rings. The molecule has 2 aromatic carbocycles. The number of anilines is 1. The first-order valence-corrected chi connectivity index (χ1v) is 8.93. The summed E-state index contributed by atoms with van der Waals surface area (Å²) in [4.78, 5) is 0. The van der Waals surface area contributed by atoms with Gasteiger partial charge in [0, 0.05) is 23.7 Å². The molecule has 0 radical (unpaired) electrons. The average Bonchev–Trinajstić information content (AvgIpc) is 3.30. The van der Waals surface area contributed by atoms with E-state index >= 15 is 0 Å². The lowest BCUT2D eigenvalue weighted by Crippen LogP contribution is -2.06. The Kier molecular flexibility index (Phi) is 4.29. The number of para-hydroxylation sites is 1. The number of nitrogens with zero attached hydrogens (tertiary/aromatic N) is 2. The van der Waals surface area contributed by atoms with Crippen LogP contribution in [0.4, 0.5) is 5.82 Å².